The molecule has 0 radical (unpaired) electrons. The molecular formula is C7H6BrNO. The Bertz CT molecular complexity index is 260. The molecule has 2 nitrogen and oxygen atoms in total. The summed E-state index contributed by atoms with van der Waals surface area (Å²) in [7, 11) is 0. The third-order valence-corrected chi connectivity index (χ3v) is 1.58. The normalized spacial score (nSPS) is 9.40. The topological polar surface area (TPSA) is 30.0 Å². The monoisotopic (exact) mass is 199 g/mol. The van der Waals surface area contributed by atoms with Gasteiger partial charge in [-0.15, -0.1) is 0 Å². The first kappa shape index (κ1) is 7.41. The maximum Gasteiger partial charge on any atom is 0.178 e. The summed E-state index contributed by atoms with van der Waals surface area (Å²) in [5.74, 6) is -0.0127. The van der Waals surface area contributed by atoms with Gasteiger partial charge in [-0.3, -0.25) is 9.78 Å². The van der Waals surface area contributed by atoms with Crippen LogP contribution in [0.15, 0.2) is 22.8 Å². The van der Waals surface area contributed by atoms with Gasteiger partial charge in [0.2, 0.25) is 0 Å². The molecule has 1 rings (SSSR count). The van der Waals surface area contributed by atoms with Crippen LogP contribution in [0.2, 0.25) is 0 Å². The lowest BCUT2D eigenvalue weighted by Crippen LogP contribution is -1.94. The lowest BCUT2D eigenvalue weighted by Gasteiger charge is -1.92. The summed E-state index contributed by atoms with van der Waals surface area (Å²) in [6.45, 7) is 1.49. The third-order valence-electron chi connectivity index (χ3n) is 1.08. The number of Topliss-reactive ketones (excluding diaryl/α,β-unsaturated/α-hetero) is 1. The summed E-state index contributed by atoms with van der Waals surface area (Å²) in [5.41, 5.74) is 0.495. The summed E-state index contributed by atoms with van der Waals surface area (Å²) in [6, 6.07) is 3.48. The van der Waals surface area contributed by atoms with Crippen LogP contribution in [0.4, 0.5) is 0 Å². The van der Waals surface area contributed by atoms with Crippen molar-refractivity contribution in [3.8, 4) is 0 Å². The van der Waals surface area contributed by atoms with E-state index in [-0.39, 0.29) is 5.78 Å². The summed E-state index contributed by atoms with van der Waals surface area (Å²) in [5, 5.41) is 0. The minimum absolute atomic E-state index is 0.0127. The second-order valence-corrected chi connectivity index (χ2v) is 2.83. The quantitative estimate of drug-likeness (QED) is 0.649. The van der Waals surface area contributed by atoms with Gasteiger partial charge in [0.25, 0.3) is 0 Å². The average Bonchev–Trinajstić information content (AvgIpc) is 1.88. The van der Waals surface area contributed by atoms with Crippen molar-refractivity contribution < 1.29 is 4.79 Å². The number of carbonyl (C=O) groups is 1. The first-order valence-corrected chi connectivity index (χ1v) is 3.62. The maximum atomic E-state index is 10.7. The van der Waals surface area contributed by atoms with E-state index < -0.39 is 0 Å². The van der Waals surface area contributed by atoms with Crippen molar-refractivity contribution in [3.63, 3.8) is 0 Å². The van der Waals surface area contributed by atoms with Crippen LogP contribution in [0.25, 0.3) is 0 Å². The number of carbonyl (C=O) groups excluding carboxylic acids is 1. The van der Waals surface area contributed by atoms with Crippen molar-refractivity contribution >= 4 is 21.7 Å². The van der Waals surface area contributed by atoms with Crippen LogP contribution in [0.3, 0.4) is 0 Å². The van der Waals surface area contributed by atoms with E-state index in [1.165, 1.54) is 6.92 Å². The molecule has 0 fully saturated rings. The van der Waals surface area contributed by atoms with Crippen molar-refractivity contribution in [2.24, 2.45) is 0 Å². The molecule has 0 atom stereocenters. The summed E-state index contributed by atoms with van der Waals surface area (Å²) in [4.78, 5) is 14.6. The van der Waals surface area contributed by atoms with E-state index in [2.05, 4.69) is 20.9 Å². The molecule has 0 spiro atoms. The number of ketones is 1. The first-order chi connectivity index (χ1) is 4.70. The van der Waals surface area contributed by atoms with Gasteiger partial charge in [-0.05, 0) is 12.1 Å². The standard InChI is InChI=1S/C7H6BrNO/c1-5(10)7-4-6(8)2-3-9-7/h2-4H,1H3. The number of nitrogens with zero attached hydrogens (tertiary/aromatic N) is 1. The SMILES string of the molecule is CC(=O)c1cc(Br)ccn1. The Labute approximate surface area is 67.4 Å². The Kier molecular flexibility index (Phi) is 2.17. The Morgan fingerprint density at radius 3 is 2.80 bits per heavy atom. The highest BCUT2D eigenvalue weighted by atomic mass is 79.9. The van der Waals surface area contributed by atoms with Gasteiger partial charge in [0.1, 0.15) is 5.69 Å². The predicted octanol–water partition coefficient (Wildman–Crippen LogP) is 2.05. The molecule has 1 aromatic heterocycles. The van der Waals surface area contributed by atoms with E-state index in [4.69, 9.17) is 0 Å². The molecule has 0 saturated heterocycles. The number of halogens is 1. The van der Waals surface area contributed by atoms with Crippen LogP contribution in [0.1, 0.15) is 17.4 Å². The van der Waals surface area contributed by atoms with Crippen LogP contribution >= 0.6 is 15.9 Å². The fraction of sp³-hybridized carbons (Fsp3) is 0.143. The average molecular weight is 200 g/mol. The molecule has 0 N–H and O–H groups in total. The summed E-state index contributed by atoms with van der Waals surface area (Å²) in [6.07, 6.45) is 1.60. The van der Waals surface area contributed by atoms with E-state index in [0.29, 0.717) is 5.69 Å². The van der Waals surface area contributed by atoms with Gasteiger partial charge in [-0.25, -0.2) is 0 Å². The zero-order chi connectivity index (χ0) is 7.56. The Hall–Kier alpha value is -0.700. The predicted molar refractivity (Wildman–Crippen MR) is 41.9 cm³/mol. The van der Waals surface area contributed by atoms with Gasteiger partial charge in [0, 0.05) is 17.6 Å². The van der Waals surface area contributed by atoms with E-state index in [0.717, 1.165) is 4.47 Å². The van der Waals surface area contributed by atoms with Gasteiger partial charge in [-0.2, -0.15) is 0 Å². The van der Waals surface area contributed by atoms with Crippen molar-refractivity contribution in [2.75, 3.05) is 0 Å². The third kappa shape index (κ3) is 1.64. The van der Waals surface area contributed by atoms with E-state index in [9.17, 15) is 4.79 Å². The first-order valence-electron chi connectivity index (χ1n) is 2.82. The van der Waals surface area contributed by atoms with Crippen LogP contribution in [-0.4, -0.2) is 10.8 Å². The second kappa shape index (κ2) is 2.92. The van der Waals surface area contributed by atoms with Gasteiger partial charge < -0.3 is 0 Å². The fourth-order valence-electron chi connectivity index (χ4n) is 0.597. The molecule has 0 aliphatic carbocycles. The molecule has 52 valence electrons. The second-order valence-electron chi connectivity index (χ2n) is 1.92. The summed E-state index contributed by atoms with van der Waals surface area (Å²) < 4.78 is 0.882. The number of hydrogen-bond donors (Lipinski definition) is 0. The van der Waals surface area contributed by atoms with Gasteiger partial charge in [-0.1, -0.05) is 15.9 Å². The van der Waals surface area contributed by atoms with Crippen LogP contribution in [-0.2, 0) is 0 Å². The maximum absolute atomic E-state index is 10.7. The van der Waals surface area contributed by atoms with Crippen LogP contribution < -0.4 is 0 Å². The highest BCUT2D eigenvalue weighted by Crippen LogP contribution is 2.08. The smallest absolute Gasteiger partial charge is 0.178 e. The zero-order valence-electron chi connectivity index (χ0n) is 5.47. The van der Waals surface area contributed by atoms with E-state index in [1.807, 2.05) is 0 Å². The Morgan fingerprint density at radius 2 is 2.40 bits per heavy atom. The number of aromatic nitrogens is 1. The molecular weight excluding hydrogens is 194 g/mol. The van der Waals surface area contributed by atoms with E-state index in [1.54, 1.807) is 18.3 Å². The molecule has 0 bridgehead atoms. The highest BCUT2D eigenvalue weighted by molar-refractivity contribution is 9.10. The molecule has 0 amide bonds. The molecule has 1 heterocycles. The number of pyridine rings is 1. The Morgan fingerprint density at radius 1 is 1.70 bits per heavy atom. The largest absolute Gasteiger partial charge is 0.293 e. The Balaban J connectivity index is 3.07. The van der Waals surface area contributed by atoms with Gasteiger partial charge in [0.15, 0.2) is 5.78 Å². The molecule has 3 heteroatoms. The number of rotatable bonds is 1. The minimum Gasteiger partial charge on any atom is -0.293 e. The molecule has 0 aliphatic heterocycles. The van der Waals surface area contributed by atoms with Crippen molar-refractivity contribution in [3.05, 3.63) is 28.5 Å². The zero-order valence-corrected chi connectivity index (χ0v) is 7.05. The molecule has 1 aromatic rings. The van der Waals surface area contributed by atoms with Gasteiger partial charge in [0.05, 0.1) is 0 Å². The van der Waals surface area contributed by atoms with Crippen LogP contribution in [0.5, 0.6) is 0 Å². The van der Waals surface area contributed by atoms with Gasteiger partial charge >= 0.3 is 0 Å². The van der Waals surface area contributed by atoms with E-state index >= 15 is 0 Å². The fourth-order valence-corrected chi connectivity index (χ4v) is 0.932. The minimum atomic E-state index is -0.0127. The molecule has 0 saturated carbocycles. The van der Waals surface area contributed by atoms with Crippen molar-refractivity contribution in [1.82, 2.24) is 4.98 Å². The summed E-state index contributed by atoms with van der Waals surface area (Å²) >= 11 is 3.24. The van der Waals surface area contributed by atoms with Crippen molar-refractivity contribution in [1.29, 1.82) is 0 Å². The van der Waals surface area contributed by atoms with Crippen molar-refractivity contribution in [2.45, 2.75) is 6.92 Å². The highest BCUT2D eigenvalue weighted by Gasteiger charge is 1.98. The van der Waals surface area contributed by atoms with Crippen LogP contribution in [0, 0.1) is 0 Å². The lowest BCUT2D eigenvalue weighted by atomic mass is 10.3. The molecule has 10 heavy (non-hydrogen) atoms. The molecule has 0 aliphatic rings. The molecule has 0 unspecified atom stereocenters. The molecule has 0 aromatic carbocycles. The number of hydrogen-bond acceptors (Lipinski definition) is 2. The lowest BCUT2D eigenvalue weighted by molar-refractivity contribution is 0.101.